The molecule has 0 heterocycles. The van der Waals surface area contributed by atoms with Gasteiger partial charge in [0.1, 0.15) is 18.3 Å². The fraction of sp³-hybridized carbons (Fsp3) is 0.278. The zero-order valence-electron chi connectivity index (χ0n) is 26.7. The highest BCUT2D eigenvalue weighted by atomic mass is 79.9. The van der Waals surface area contributed by atoms with E-state index in [1.54, 1.807) is 36.4 Å². The lowest BCUT2D eigenvalue weighted by Gasteiger charge is -2.35. The Hall–Kier alpha value is -4.15. The number of ether oxygens (including phenoxy) is 1. The van der Waals surface area contributed by atoms with E-state index in [2.05, 4.69) is 21.2 Å². The predicted octanol–water partition coefficient (Wildman–Crippen LogP) is 6.52. The van der Waals surface area contributed by atoms with Crippen molar-refractivity contribution in [2.24, 2.45) is 0 Å². The third-order valence-electron chi connectivity index (χ3n) is 7.28. The second-order valence-corrected chi connectivity index (χ2v) is 14.9. The van der Waals surface area contributed by atoms with E-state index in [0.717, 1.165) is 25.5 Å². The molecule has 1 N–H and O–H groups in total. The number of hydrogen-bond acceptors (Lipinski definition) is 5. The third-order valence-corrected chi connectivity index (χ3v) is 9.60. The molecule has 8 nitrogen and oxygen atoms in total. The second kappa shape index (κ2) is 15.0. The Morgan fingerprint density at radius 1 is 0.848 bits per heavy atom. The third kappa shape index (κ3) is 9.20. The van der Waals surface area contributed by atoms with Crippen LogP contribution >= 0.6 is 15.9 Å². The van der Waals surface area contributed by atoms with Crippen molar-refractivity contribution in [1.29, 1.82) is 0 Å². The van der Waals surface area contributed by atoms with Crippen LogP contribution < -0.4 is 14.4 Å². The molecule has 2 amide bonds. The molecule has 1 atom stereocenters. The number of methoxy groups -OCH3 is 1. The van der Waals surface area contributed by atoms with Gasteiger partial charge in [0.25, 0.3) is 10.0 Å². The van der Waals surface area contributed by atoms with Crippen molar-refractivity contribution < 1.29 is 22.7 Å². The van der Waals surface area contributed by atoms with Gasteiger partial charge in [0, 0.05) is 23.0 Å². The number of nitrogens with zero attached hydrogens (tertiary/aromatic N) is 2. The van der Waals surface area contributed by atoms with Gasteiger partial charge < -0.3 is 15.0 Å². The van der Waals surface area contributed by atoms with E-state index >= 15 is 0 Å². The second-order valence-electron chi connectivity index (χ2n) is 12.1. The van der Waals surface area contributed by atoms with Gasteiger partial charge in [-0.2, -0.15) is 0 Å². The fourth-order valence-corrected chi connectivity index (χ4v) is 6.59. The SMILES string of the molecule is COc1ccc(S(=O)(=O)N(CC(=O)N(Cc2ccc(Br)cc2)[C@H](Cc2ccccc2)C(=O)NC(C)(C)C)c2ccc(C)cc2)cc1. The van der Waals surface area contributed by atoms with Crippen LogP contribution in [0.4, 0.5) is 5.69 Å². The number of hydrogen-bond donors (Lipinski definition) is 1. The van der Waals surface area contributed by atoms with E-state index in [1.165, 1.54) is 24.1 Å². The number of nitrogens with one attached hydrogen (secondary N) is 1. The van der Waals surface area contributed by atoms with Crippen molar-refractivity contribution in [1.82, 2.24) is 10.2 Å². The number of carbonyl (C=O) groups is 2. The van der Waals surface area contributed by atoms with Crippen LogP contribution in [-0.2, 0) is 32.6 Å². The maximum atomic E-state index is 14.6. The lowest BCUT2D eigenvalue weighted by molar-refractivity contribution is -0.140. The first-order valence-corrected chi connectivity index (χ1v) is 17.1. The molecule has 0 saturated heterocycles. The molecule has 0 bridgehead atoms. The number of anilines is 1. The molecule has 4 aromatic carbocycles. The largest absolute Gasteiger partial charge is 0.497 e. The summed E-state index contributed by atoms with van der Waals surface area (Å²) in [6.45, 7) is 7.11. The summed E-state index contributed by atoms with van der Waals surface area (Å²) >= 11 is 3.46. The fourth-order valence-electron chi connectivity index (χ4n) is 4.91. The van der Waals surface area contributed by atoms with Crippen LogP contribution in [0.5, 0.6) is 5.75 Å². The smallest absolute Gasteiger partial charge is 0.264 e. The number of benzene rings is 4. The van der Waals surface area contributed by atoms with Gasteiger partial charge >= 0.3 is 0 Å². The minimum Gasteiger partial charge on any atom is -0.497 e. The van der Waals surface area contributed by atoms with Crippen LogP contribution in [-0.4, -0.2) is 50.4 Å². The topological polar surface area (TPSA) is 96.0 Å². The summed E-state index contributed by atoms with van der Waals surface area (Å²) < 4.78 is 35.6. The first kappa shape index (κ1) is 34.7. The van der Waals surface area contributed by atoms with Crippen LogP contribution in [0.15, 0.2) is 112 Å². The monoisotopic (exact) mass is 705 g/mol. The van der Waals surface area contributed by atoms with Crippen LogP contribution in [0.25, 0.3) is 0 Å². The van der Waals surface area contributed by atoms with Crippen LogP contribution in [0.1, 0.15) is 37.5 Å². The summed E-state index contributed by atoms with van der Waals surface area (Å²) in [6, 6.07) is 29.0. The molecule has 0 aliphatic heterocycles. The molecule has 242 valence electrons. The molecular formula is C36H40BrN3O5S. The Morgan fingerprint density at radius 3 is 2.02 bits per heavy atom. The molecule has 10 heteroatoms. The Bertz CT molecular complexity index is 1720. The van der Waals surface area contributed by atoms with Crippen molar-refractivity contribution in [2.75, 3.05) is 18.0 Å². The molecule has 0 fully saturated rings. The molecule has 0 unspecified atom stereocenters. The molecule has 0 spiro atoms. The molecule has 0 aliphatic carbocycles. The highest BCUT2D eigenvalue weighted by molar-refractivity contribution is 9.10. The lowest BCUT2D eigenvalue weighted by atomic mass is 10.0. The molecule has 4 aromatic rings. The van der Waals surface area contributed by atoms with Gasteiger partial charge in [-0.25, -0.2) is 8.42 Å². The van der Waals surface area contributed by atoms with Gasteiger partial charge in [-0.1, -0.05) is 76.1 Å². The first-order valence-electron chi connectivity index (χ1n) is 14.9. The van der Waals surface area contributed by atoms with Crippen molar-refractivity contribution in [3.05, 3.63) is 124 Å². The van der Waals surface area contributed by atoms with Crippen molar-refractivity contribution in [3.8, 4) is 5.75 Å². The quantitative estimate of drug-likeness (QED) is 0.181. The maximum Gasteiger partial charge on any atom is 0.264 e. The zero-order chi connectivity index (χ0) is 33.5. The van der Waals surface area contributed by atoms with E-state index in [1.807, 2.05) is 82.3 Å². The molecular weight excluding hydrogens is 666 g/mol. The summed E-state index contributed by atoms with van der Waals surface area (Å²) in [6.07, 6.45) is 0.237. The Labute approximate surface area is 280 Å². The van der Waals surface area contributed by atoms with Gasteiger partial charge in [0.2, 0.25) is 11.8 Å². The Morgan fingerprint density at radius 2 is 1.46 bits per heavy atom. The predicted molar refractivity (Wildman–Crippen MR) is 185 cm³/mol. The number of sulfonamides is 1. The Kier molecular flexibility index (Phi) is 11.3. The average molecular weight is 707 g/mol. The minimum absolute atomic E-state index is 0.00689. The van der Waals surface area contributed by atoms with E-state index in [4.69, 9.17) is 4.74 Å². The van der Waals surface area contributed by atoms with E-state index in [9.17, 15) is 18.0 Å². The van der Waals surface area contributed by atoms with Gasteiger partial charge in [-0.05, 0) is 87.4 Å². The van der Waals surface area contributed by atoms with Crippen LogP contribution in [0, 0.1) is 6.92 Å². The van der Waals surface area contributed by atoms with E-state index in [-0.39, 0.29) is 23.8 Å². The summed E-state index contributed by atoms with van der Waals surface area (Å²) in [5.41, 5.74) is 2.36. The van der Waals surface area contributed by atoms with Crippen LogP contribution in [0.3, 0.4) is 0 Å². The molecule has 46 heavy (non-hydrogen) atoms. The van der Waals surface area contributed by atoms with Gasteiger partial charge in [-0.3, -0.25) is 13.9 Å². The molecule has 0 radical (unpaired) electrons. The van der Waals surface area contributed by atoms with Gasteiger partial charge in [-0.15, -0.1) is 0 Å². The summed E-state index contributed by atoms with van der Waals surface area (Å²) in [4.78, 5) is 30.0. The number of aryl methyl sites for hydroxylation is 1. The normalized spacial score (nSPS) is 12.2. The summed E-state index contributed by atoms with van der Waals surface area (Å²) in [5.74, 6) is -0.349. The minimum atomic E-state index is -4.21. The molecule has 0 saturated carbocycles. The number of rotatable bonds is 12. The zero-order valence-corrected chi connectivity index (χ0v) is 29.1. The van der Waals surface area contributed by atoms with Gasteiger partial charge in [0.05, 0.1) is 17.7 Å². The van der Waals surface area contributed by atoms with Crippen molar-refractivity contribution in [3.63, 3.8) is 0 Å². The molecule has 0 aromatic heterocycles. The summed E-state index contributed by atoms with van der Waals surface area (Å²) in [7, 11) is -2.71. The number of halogens is 1. The number of amides is 2. The molecule has 4 rings (SSSR count). The Balaban J connectivity index is 1.81. The highest BCUT2D eigenvalue weighted by Crippen LogP contribution is 2.27. The van der Waals surface area contributed by atoms with Gasteiger partial charge in [0.15, 0.2) is 0 Å². The highest BCUT2D eigenvalue weighted by Gasteiger charge is 2.35. The lowest BCUT2D eigenvalue weighted by Crippen LogP contribution is -2.56. The standard InChI is InChI=1S/C36H40BrN3O5S/c1-26-11-17-30(18-12-26)40(46(43,44)32-21-19-31(45-5)20-22-32)25-34(41)39(24-28-13-15-29(37)16-14-28)33(35(42)38-36(2,3)4)23-27-9-7-6-8-10-27/h6-22,33H,23-25H2,1-5H3,(H,38,42)/t33-/m1/s1. The van der Waals surface area contributed by atoms with Crippen molar-refractivity contribution in [2.45, 2.75) is 57.1 Å². The molecule has 0 aliphatic rings. The van der Waals surface area contributed by atoms with Crippen molar-refractivity contribution >= 4 is 43.5 Å². The summed E-state index contributed by atoms with van der Waals surface area (Å²) in [5, 5.41) is 3.04. The maximum absolute atomic E-state index is 14.6. The van der Waals surface area contributed by atoms with Crippen LogP contribution in [0.2, 0.25) is 0 Å². The average Bonchev–Trinajstić information content (AvgIpc) is 3.02. The van der Waals surface area contributed by atoms with E-state index < -0.39 is 34.1 Å². The first-order chi connectivity index (χ1) is 21.8. The van der Waals surface area contributed by atoms with E-state index in [0.29, 0.717) is 11.4 Å². The number of carbonyl (C=O) groups excluding carboxylic acids is 2.